The molecule has 0 N–H and O–H groups in total. The Kier molecular flexibility index (Phi) is 5.02. The Bertz CT molecular complexity index is 726. The van der Waals surface area contributed by atoms with Crippen LogP contribution < -0.4 is 34.0 Å². The molecule has 2 aromatic rings. The molecule has 2 aromatic carbocycles. The topological polar surface area (TPSA) is 0 Å². The molecule has 1 aliphatic heterocycles. The van der Waals surface area contributed by atoms with Crippen molar-refractivity contribution in [3.8, 4) is 0 Å². The maximum absolute atomic E-state index is 2.55. The van der Waals surface area contributed by atoms with Crippen molar-refractivity contribution in [2.24, 2.45) is 0 Å². The van der Waals surface area contributed by atoms with E-state index in [0.717, 1.165) is 7.35 Å². The second-order valence-corrected chi connectivity index (χ2v) is 23.6. The predicted octanol–water partition coefficient (Wildman–Crippen LogP) is -0.465. The van der Waals surface area contributed by atoms with Gasteiger partial charge in [-0.1, -0.05) is 0 Å². The van der Waals surface area contributed by atoms with Gasteiger partial charge in [-0.3, -0.25) is 0 Å². The molecule has 5 rings (SSSR count). The van der Waals surface area contributed by atoms with E-state index in [-0.39, 0.29) is 34.0 Å². The number of allylic oxidation sites excluding steroid dienone is 2. The molecule has 0 saturated carbocycles. The normalized spacial score (nSPS) is 23.0. The molecule has 116 valence electrons. The minimum absolute atomic E-state index is 0. The van der Waals surface area contributed by atoms with Gasteiger partial charge in [0.05, 0.1) is 0 Å². The Labute approximate surface area is 163 Å². The van der Waals surface area contributed by atoms with Crippen molar-refractivity contribution in [1.82, 2.24) is 0 Å². The number of benzene rings is 2. The summed E-state index contributed by atoms with van der Waals surface area (Å²) in [7, 11) is 0. The van der Waals surface area contributed by atoms with Gasteiger partial charge in [0.1, 0.15) is 0 Å². The second kappa shape index (κ2) is 6.57. The fourth-order valence-electron chi connectivity index (χ4n) is 4.46. The summed E-state index contributed by atoms with van der Waals surface area (Å²) in [6, 6.07) is 18.1. The molecule has 2 atom stereocenters. The summed E-state index contributed by atoms with van der Waals surface area (Å²) in [6.45, 7) is 0. The van der Waals surface area contributed by atoms with Crippen LogP contribution in [-0.4, -0.2) is 0 Å². The summed E-state index contributed by atoms with van der Waals surface area (Å²) in [6.07, 6.45) is 9.86. The van der Waals surface area contributed by atoms with Crippen molar-refractivity contribution >= 4 is 12.2 Å². The van der Waals surface area contributed by atoms with E-state index in [0.29, 0.717) is 0 Å². The molecule has 0 amide bonds. The van der Waals surface area contributed by atoms with E-state index < -0.39 is 20.0 Å². The Morgan fingerprint density at radius 1 is 0.652 bits per heavy atom. The third-order valence-electron chi connectivity index (χ3n) is 5.66. The van der Waals surface area contributed by atoms with Gasteiger partial charge >= 0.3 is 131 Å². The zero-order valence-electron chi connectivity index (χ0n) is 12.8. The van der Waals surface area contributed by atoms with E-state index in [9.17, 15) is 0 Å². The van der Waals surface area contributed by atoms with Crippen molar-refractivity contribution < 1.29 is 53.9 Å². The van der Waals surface area contributed by atoms with Crippen LogP contribution in [0.3, 0.4) is 0 Å². The quantitative estimate of drug-likeness (QED) is 0.412. The molecule has 2 unspecified atom stereocenters. The van der Waals surface area contributed by atoms with Crippen molar-refractivity contribution in [1.29, 1.82) is 0 Å². The first-order valence-electron chi connectivity index (χ1n) is 7.93. The van der Waals surface area contributed by atoms with Crippen LogP contribution in [0.25, 0.3) is 12.2 Å². The molecular weight excluding hydrogens is 579 g/mol. The Morgan fingerprint density at radius 3 is 1.52 bits per heavy atom. The Hall–Kier alpha value is -0.250. The van der Waals surface area contributed by atoms with Crippen LogP contribution in [0.15, 0.2) is 60.7 Å². The largest absolute Gasteiger partial charge is 1.00 e. The van der Waals surface area contributed by atoms with E-state index in [2.05, 4.69) is 72.8 Å². The van der Waals surface area contributed by atoms with E-state index in [1.807, 2.05) is 0 Å². The number of rotatable bonds is 2. The minimum Gasteiger partial charge on any atom is -1.00 e. The van der Waals surface area contributed by atoms with Gasteiger partial charge in [-0.25, -0.2) is 0 Å². The average Bonchev–Trinajstić information content (AvgIpc) is 3.03. The number of hydrogen-bond acceptors (Lipinski definition) is 0. The van der Waals surface area contributed by atoms with Crippen LogP contribution in [0.5, 0.6) is 0 Å². The summed E-state index contributed by atoms with van der Waals surface area (Å²) < 4.78 is 4.77. The van der Waals surface area contributed by atoms with Crippen molar-refractivity contribution in [2.45, 2.75) is 15.7 Å². The molecule has 0 radical (unpaired) electrons. The van der Waals surface area contributed by atoms with Gasteiger partial charge in [0, 0.05) is 0 Å². The van der Waals surface area contributed by atoms with Crippen LogP contribution in [0.1, 0.15) is 29.6 Å². The monoisotopic (exact) mass is 596 g/mol. The minimum atomic E-state index is -2.27. The van der Waals surface area contributed by atoms with Crippen LogP contribution >= 0.6 is 0 Å². The first-order valence-corrected chi connectivity index (χ1v) is 17.2. The van der Waals surface area contributed by atoms with E-state index in [1.165, 1.54) is 11.1 Å². The van der Waals surface area contributed by atoms with Gasteiger partial charge in [-0.15, -0.1) is 0 Å². The number of hydrogen-bond donors (Lipinski definition) is 0. The molecule has 3 aliphatic rings. The molecule has 0 nitrogen and oxygen atoms in total. The standard InChI is InChI=1S/2C9H7.C2H4.2BrH.Hf/c2*1-2-5-9-7-3-6-8(9)4-1;1-2;;;/h2*1-7H;1-2H2;2*1H;/q;;;;;+2/p-2. The maximum Gasteiger partial charge on any atom is -1.00 e. The number of halogens is 2. The maximum atomic E-state index is 2.55. The fourth-order valence-corrected chi connectivity index (χ4v) is 29.6. The van der Waals surface area contributed by atoms with Crippen molar-refractivity contribution in [2.75, 3.05) is 0 Å². The SMILES string of the molecule is C1=C[CH]([Hf+2]2([CH]3C=Cc4ccccc43)[CH2][CH2]2)c2ccccc21.[Br-].[Br-]. The van der Waals surface area contributed by atoms with Crippen LogP contribution in [0.4, 0.5) is 0 Å². The Balaban J connectivity index is 0.000000781. The van der Waals surface area contributed by atoms with E-state index in [1.54, 1.807) is 19.5 Å². The van der Waals surface area contributed by atoms with Gasteiger partial charge in [-0.2, -0.15) is 0 Å². The summed E-state index contributed by atoms with van der Waals surface area (Å²) in [5.41, 5.74) is 6.22. The molecule has 0 spiro atoms. The third kappa shape index (κ3) is 2.63. The zero-order chi connectivity index (χ0) is 13.9. The van der Waals surface area contributed by atoms with E-state index >= 15 is 0 Å². The van der Waals surface area contributed by atoms with Crippen molar-refractivity contribution in [3.05, 3.63) is 82.9 Å². The van der Waals surface area contributed by atoms with Gasteiger partial charge in [0.2, 0.25) is 0 Å². The summed E-state index contributed by atoms with van der Waals surface area (Å²) >= 11 is -2.27. The smallest absolute Gasteiger partial charge is 1.00 e. The summed E-state index contributed by atoms with van der Waals surface area (Å²) in [4.78, 5) is 0. The average molecular weight is 597 g/mol. The molecule has 23 heavy (non-hydrogen) atoms. The molecule has 3 heteroatoms. The fraction of sp³-hybridized carbons (Fsp3) is 0.200. The second-order valence-electron chi connectivity index (χ2n) is 6.66. The molecule has 0 bridgehead atoms. The van der Waals surface area contributed by atoms with Crippen LogP contribution in [-0.2, 0) is 20.0 Å². The zero-order valence-corrected chi connectivity index (χ0v) is 19.5. The molecule has 1 saturated heterocycles. The van der Waals surface area contributed by atoms with Crippen LogP contribution in [0, 0.1) is 0 Å². The molecule has 0 aromatic heterocycles. The van der Waals surface area contributed by atoms with Gasteiger partial charge < -0.3 is 34.0 Å². The van der Waals surface area contributed by atoms with Gasteiger partial charge in [0.25, 0.3) is 0 Å². The molecular formula is C20H18Br2Hf. The Morgan fingerprint density at radius 2 is 1.09 bits per heavy atom. The van der Waals surface area contributed by atoms with Crippen molar-refractivity contribution in [3.63, 3.8) is 0 Å². The van der Waals surface area contributed by atoms with E-state index in [4.69, 9.17) is 0 Å². The summed E-state index contributed by atoms with van der Waals surface area (Å²) in [5, 5.41) is 0. The molecule has 2 aliphatic carbocycles. The first kappa shape index (κ1) is 17.6. The number of fused-ring (bicyclic) bond motifs is 2. The third-order valence-corrected chi connectivity index (χ3v) is 24.1. The first-order chi connectivity index (χ1) is 10.4. The van der Waals surface area contributed by atoms with Gasteiger partial charge in [0.15, 0.2) is 0 Å². The predicted molar refractivity (Wildman–Crippen MR) is 86.0 cm³/mol. The molecule has 1 heterocycles. The molecule has 1 fully saturated rings. The van der Waals surface area contributed by atoms with Crippen LogP contribution in [0.2, 0.25) is 8.35 Å². The summed E-state index contributed by atoms with van der Waals surface area (Å²) in [5.74, 6) is 0. The van der Waals surface area contributed by atoms with Gasteiger partial charge in [-0.05, 0) is 0 Å².